The largest absolute Gasteiger partial charge is 0.469 e. The molecule has 0 saturated heterocycles. The van der Waals surface area contributed by atoms with Gasteiger partial charge in [-0.2, -0.15) is 0 Å². The minimum atomic E-state index is -0.0785. The molecule has 0 aromatic rings. The van der Waals surface area contributed by atoms with Crippen molar-refractivity contribution in [1.29, 1.82) is 0 Å². The Balaban J connectivity index is 2.26. The van der Waals surface area contributed by atoms with E-state index < -0.39 is 0 Å². The van der Waals surface area contributed by atoms with Crippen LogP contribution in [0.5, 0.6) is 0 Å². The summed E-state index contributed by atoms with van der Waals surface area (Å²) < 4.78 is 9.25. The zero-order valence-electron chi connectivity index (χ0n) is 7.79. The van der Waals surface area contributed by atoms with Crippen LogP contribution in [-0.2, 0) is 13.8 Å². The van der Waals surface area contributed by atoms with Gasteiger partial charge in [0.2, 0.25) is 0 Å². The number of halogens is 1. The Labute approximate surface area is 83.5 Å². The zero-order chi connectivity index (χ0) is 9.68. The molecule has 4 heteroatoms. The summed E-state index contributed by atoms with van der Waals surface area (Å²) in [6.07, 6.45) is 3.81. The van der Waals surface area contributed by atoms with Gasteiger partial charge in [-0.25, -0.2) is 0 Å². The van der Waals surface area contributed by atoms with Gasteiger partial charge in [0.25, 0.3) is 0 Å². The lowest BCUT2D eigenvalue weighted by Crippen LogP contribution is -2.24. The maximum atomic E-state index is 11.2. The first-order valence-corrected chi connectivity index (χ1v) is 4.90. The monoisotopic (exact) mass is 206 g/mol. The van der Waals surface area contributed by atoms with Gasteiger partial charge in [0.05, 0.1) is 31.5 Å². The average molecular weight is 207 g/mol. The lowest BCUT2D eigenvalue weighted by molar-refractivity contribution is -0.146. The standard InChI is InChI=1S/C9H15ClO3/c1-12-9(11)8-4-2-7(3-5-8)6-13-10/h7-8H,2-6H2,1H3/t7-,8-. The first kappa shape index (κ1) is 10.8. The Morgan fingerprint density at radius 1 is 1.38 bits per heavy atom. The molecule has 0 N–H and O–H groups in total. The second-order valence-electron chi connectivity index (χ2n) is 3.52. The molecular formula is C9H15ClO3. The Morgan fingerprint density at radius 2 is 2.00 bits per heavy atom. The van der Waals surface area contributed by atoms with E-state index in [2.05, 4.69) is 9.03 Å². The predicted molar refractivity (Wildman–Crippen MR) is 49.3 cm³/mol. The fourth-order valence-electron chi connectivity index (χ4n) is 1.82. The van der Waals surface area contributed by atoms with E-state index in [4.69, 9.17) is 11.9 Å². The summed E-state index contributed by atoms with van der Waals surface area (Å²) in [7, 11) is 1.44. The van der Waals surface area contributed by atoms with Crippen LogP contribution in [0.1, 0.15) is 25.7 Å². The van der Waals surface area contributed by atoms with Crippen molar-refractivity contribution < 1.29 is 13.8 Å². The van der Waals surface area contributed by atoms with Gasteiger partial charge in [0, 0.05) is 0 Å². The summed E-state index contributed by atoms with van der Waals surface area (Å²) >= 11 is 5.17. The Morgan fingerprint density at radius 3 is 2.46 bits per heavy atom. The van der Waals surface area contributed by atoms with Gasteiger partial charge in [-0.05, 0) is 31.6 Å². The molecule has 0 spiro atoms. The SMILES string of the molecule is COC(=O)[C@H]1CC[C@H](COCl)CC1. The van der Waals surface area contributed by atoms with E-state index in [1.54, 1.807) is 0 Å². The summed E-state index contributed by atoms with van der Waals surface area (Å²) in [5.41, 5.74) is 0. The minimum absolute atomic E-state index is 0.0785. The third-order valence-electron chi connectivity index (χ3n) is 2.68. The number of esters is 1. The van der Waals surface area contributed by atoms with Crippen LogP contribution in [-0.4, -0.2) is 19.7 Å². The summed E-state index contributed by atoms with van der Waals surface area (Å²) in [6.45, 7) is 0.593. The number of methoxy groups -OCH3 is 1. The highest BCUT2D eigenvalue weighted by atomic mass is 35.5. The molecule has 0 unspecified atom stereocenters. The van der Waals surface area contributed by atoms with Gasteiger partial charge >= 0.3 is 5.97 Å². The molecule has 0 atom stereocenters. The lowest BCUT2D eigenvalue weighted by Gasteiger charge is -2.25. The first-order valence-electron chi connectivity index (χ1n) is 4.59. The van der Waals surface area contributed by atoms with Crippen LogP contribution in [0.3, 0.4) is 0 Å². The molecule has 1 aliphatic rings. The predicted octanol–water partition coefficient (Wildman–Crippen LogP) is 2.14. The second-order valence-corrected chi connectivity index (χ2v) is 3.73. The van der Waals surface area contributed by atoms with Crippen molar-refractivity contribution in [2.45, 2.75) is 25.7 Å². The normalized spacial score (nSPS) is 28.5. The minimum Gasteiger partial charge on any atom is -0.469 e. The van der Waals surface area contributed by atoms with Crippen molar-refractivity contribution in [2.24, 2.45) is 11.8 Å². The topological polar surface area (TPSA) is 35.5 Å². The molecule has 76 valence electrons. The Hall–Kier alpha value is -0.280. The van der Waals surface area contributed by atoms with Crippen molar-refractivity contribution >= 4 is 17.8 Å². The molecule has 0 aliphatic heterocycles. The quantitative estimate of drug-likeness (QED) is 0.664. The maximum Gasteiger partial charge on any atom is 0.308 e. The third kappa shape index (κ3) is 3.16. The fraction of sp³-hybridized carbons (Fsp3) is 0.889. The highest BCUT2D eigenvalue weighted by Crippen LogP contribution is 2.29. The van der Waals surface area contributed by atoms with Crippen LogP contribution in [0.4, 0.5) is 0 Å². The van der Waals surface area contributed by atoms with Crippen LogP contribution >= 0.6 is 11.9 Å². The first-order chi connectivity index (χ1) is 6.27. The van der Waals surface area contributed by atoms with E-state index in [0.717, 1.165) is 25.7 Å². The number of carbonyl (C=O) groups excluding carboxylic acids is 1. The van der Waals surface area contributed by atoms with Crippen LogP contribution < -0.4 is 0 Å². The second kappa shape index (κ2) is 5.45. The van der Waals surface area contributed by atoms with E-state index in [1.807, 2.05) is 0 Å². The van der Waals surface area contributed by atoms with Crippen LogP contribution in [0.2, 0.25) is 0 Å². The molecule has 13 heavy (non-hydrogen) atoms. The van der Waals surface area contributed by atoms with Crippen molar-refractivity contribution in [3.63, 3.8) is 0 Å². The molecule has 1 saturated carbocycles. The molecule has 0 aromatic carbocycles. The fourth-order valence-corrected chi connectivity index (χ4v) is 2.00. The molecule has 3 nitrogen and oxygen atoms in total. The van der Waals surface area contributed by atoms with Crippen molar-refractivity contribution in [3.05, 3.63) is 0 Å². The molecule has 0 heterocycles. The van der Waals surface area contributed by atoms with E-state index in [1.165, 1.54) is 7.11 Å². The number of ether oxygens (including phenoxy) is 1. The van der Waals surface area contributed by atoms with E-state index in [0.29, 0.717) is 12.5 Å². The highest BCUT2D eigenvalue weighted by Gasteiger charge is 2.26. The summed E-state index contributed by atoms with van der Waals surface area (Å²) in [6, 6.07) is 0. The van der Waals surface area contributed by atoms with Gasteiger partial charge in [-0.15, -0.1) is 0 Å². The highest BCUT2D eigenvalue weighted by molar-refractivity contribution is 6.07. The zero-order valence-corrected chi connectivity index (χ0v) is 8.55. The van der Waals surface area contributed by atoms with Crippen LogP contribution in [0.25, 0.3) is 0 Å². The smallest absolute Gasteiger partial charge is 0.308 e. The van der Waals surface area contributed by atoms with Crippen molar-refractivity contribution in [1.82, 2.24) is 0 Å². The molecule has 0 amide bonds. The van der Waals surface area contributed by atoms with E-state index >= 15 is 0 Å². The third-order valence-corrected chi connectivity index (χ3v) is 2.81. The molecular weight excluding hydrogens is 192 g/mol. The molecule has 0 radical (unpaired) electrons. The Kier molecular flexibility index (Phi) is 4.53. The van der Waals surface area contributed by atoms with E-state index in [9.17, 15) is 4.79 Å². The van der Waals surface area contributed by atoms with Crippen molar-refractivity contribution in [3.8, 4) is 0 Å². The Bertz CT molecular complexity index is 164. The summed E-state index contributed by atoms with van der Waals surface area (Å²) in [5.74, 6) is 0.528. The lowest BCUT2D eigenvalue weighted by atomic mass is 9.82. The van der Waals surface area contributed by atoms with Gasteiger partial charge < -0.3 is 4.74 Å². The summed E-state index contributed by atoms with van der Waals surface area (Å²) in [4.78, 5) is 11.2. The molecule has 1 aliphatic carbocycles. The molecule has 1 rings (SSSR count). The molecule has 1 fully saturated rings. The number of rotatable bonds is 3. The molecule has 0 aromatic heterocycles. The van der Waals surface area contributed by atoms with Crippen LogP contribution in [0, 0.1) is 11.8 Å². The van der Waals surface area contributed by atoms with Gasteiger partial charge in [-0.1, -0.05) is 0 Å². The summed E-state index contributed by atoms with van der Waals surface area (Å²) in [5, 5.41) is 0. The number of hydrogen-bond acceptors (Lipinski definition) is 3. The van der Waals surface area contributed by atoms with Gasteiger partial charge in [0.15, 0.2) is 0 Å². The number of hydrogen-bond donors (Lipinski definition) is 0. The van der Waals surface area contributed by atoms with Crippen LogP contribution in [0.15, 0.2) is 0 Å². The van der Waals surface area contributed by atoms with E-state index in [-0.39, 0.29) is 11.9 Å². The van der Waals surface area contributed by atoms with Gasteiger partial charge in [0.1, 0.15) is 0 Å². The molecule has 0 bridgehead atoms. The van der Waals surface area contributed by atoms with Crippen molar-refractivity contribution in [2.75, 3.05) is 13.7 Å². The number of carbonyl (C=O) groups is 1. The maximum absolute atomic E-state index is 11.2. The van der Waals surface area contributed by atoms with Gasteiger partial charge in [-0.3, -0.25) is 9.08 Å². The average Bonchev–Trinajstić information content (AvgIpc) is 2.18.